The third-order valence-corrected chi connectivity index (χ3v) is 5.39. The summed E-state index contributed by atoms with van der Waals surface area (Å²) in [4.78, 5) is 41.4. The number of benzene rings is 2. The molecule has 6 heteroatoms. The monoisotopic (exact) mass is 393 g/mol. The molecule has 1 unspecified atom stereocenters. The van der Waals surface area contributed by atoms with Crippen molar-refractivity contribution in [3.05, 3.63) is 71.3 Å². The highest BCUT2D eigenvalue weighted by Gasteiger charge is 2.50. The molecule has 152 valence electrons. The van der Waals surface area contributed by atoms with Crippen molar-refractivity contribution < 1.29 is 14.4 Å². The Morgan fingerprint density at radius 1 is 1.07 bits per heavy atom. The molecule has 2 aromatic carbocycles. The number of nitrogens with one attached hydrogen (secondary N) is 1. The fourth-order valence-electron chi connectivity index (χ4n) is 3.72. The second-order valence-corrected chi connectivity index (χ2v) is 7.86. The Morgan fingerprint density at radius 3 is 2.31 bits per heavy atom. The highest BCUT2D eigenvalue weighted by Crippen LogP contribution is 2.31. The molecule has 0 radical (unpaired) electrons. The lowest BCUT2D eigenvalue weighted by Crippen LogP contribution is -2.46. The molecule has 0 bridgehead atoms. The normalized spacial score (nSPS) is 18.9. The van der Waals surface area contributed by atoms with Crippen LogP contribution in [0.4, 0.5) is 4.79 Å². The quantitative estimate of drug-likeness (QED) is 0.766. The number of imide groups is 1. The van der Waals surface area contributed by atoms with Crippen molar-refractivity contribution in [3.8, 4) is 0 Å². The van der Waals surface area contributed by atoms with E-state index in [4.69, 9.17) is 0 Å². The van der Waals surface area contributed by atoms with Gasteiger partial charge in [0.2, 0.25) is 5.91 Å². The molecule has 1 aliphatic rings. The highest BCUT2D eigenvalue weighted by atomic mass is 16.2. The van der Waals surface area contributed by atoms with Gasteiger partial charge in [0, 0.05) is 12.6 Å². The van der Waals surface area contributed by atoms with E-state index in [1.165, 1.54) is 0 Å². The topological polar surface area (TPSA) is 69.7 Å². The van der Waals surface area contributed by atoms with Crippen LogP contribution in [-0.4, -0.2) is 40.2 Å². The standard InChI is InChI=1S/C23H27N3O3/c1-16(2)25(14-18-11-6-5-7-12-18)20(27)15-26-21(28)23(4,24-22(26)29)19-13-9-8-10-17(19)3/h5-13,16H,14-15H2,1-4H3,(H,24,29). The van der Waals surface area contributed by atoms with E-state index in [-0.39, 0.29) is 18.5 Å². The van der Waals surface area contributed by atoms with E-state index in [2.05, 4.69) is 5.32 Å². The Kier molecular flexibility index (Phi) is 5.73. The van der Waals surface area contributed by atoms with Crippen LogP contribution in [0.1, 0.15) is 37.5 Å². The predicted molar refractivity (Wildman–Crippen MR) is 111 cm³/mol. The van der Waals surface area contributed by atoms with E-state index in [1.807, 2.05) is 75.4 Å². The lowest BCUT2D eigenvalue weighted by atomic mass is 9.88. The summed E-state index contributed by atoms with van der Waals surface area (Å²) in [7, 11) is 0. The van der Waals surface area contributed by atoms with Crippen molar-refractivity contribution in [3.63, 3.8) is 0 Å². The van der Waals surface area contributed by atoms with Crippen LogP contribution in [0, 0.1) is 6.92 Å². The number of hydrogen-bond donors (Lipinski definition) is 1. The number of carbonyl (C=O) groups excluding carboxylic acids is 3. The minimum absolute atomic E-state index is 0.0637. The van der Waals surface area contributed by atoms with E-state index in [0.29, 0.717) is 6.54 Å². The number of rotatable bonds is 6. The number of nitrogens with zero attached hydrogens (tertiary/aromatic N) is 2. The van der Waals surface area contributed by atoms with Crippen molar-refractivity contribution in [1.82, 2.24) is 15.1 Å². The van der Waals surface area contributed by atoms with Gasteiger partial charge in [-0.3, -0.25) is 14.5 Å². The maximum Gasteiger partial charge on any atom is 0.325 e. The Hall–Kier alpha value is -3.15. The minimum atomic E-state index is -1.18. The number of hydrogen-bond acceptors (Lipinski definition) is 3. The van der Waals surface area contributed by atoms with Crippen LogP contribution >= 0.6 is 0 Å². The summed E-state index contributed by atoms with van der Waals surface area (Å²) in [5, 5.41) is 2.78. The number of amides is 4. The van der Waals surface area contributed by atoms with E-state index >= 15 is 0 Å². The van der Waals surface area contributed by atoms with Crippen LogP contribution in [0.15, 0.2) is 54.6 Å². The first kappa shape index (κ1) is 20.6. The van der Waals surface area contributed by atoms with Gasteiger partial charge in [0.1, 0.15) is 12.1 Å². The zero-order valence-electron chi connectivity index (χ0n) is 17.3. The summed E-state index contributed by atoms with van der Waals surface area (Å²) in [5.41, 5.74) is 1.46. The van der Waals surface area contributed by atoms with Crippen molar-refractivity contribution in [2.24, 2.45) is 0 Å². The second-order valence-electron chi connectivity index (χ2n) is 7.86. The van der Waals surface area contributed by atoms with E-state index in [9.17, 15) is 14.4 Å². The predicted octanol–water partition coefficient (Wildman–Crippen LogP) is 3.20. The van der Waals surface area contributed by atoms with Crippen LogP contribution in [0.5, 0.6) is 0 Å². The molecule has 1 fully saturated rings. The molecule has 1 atom stereocenters. The van der Waals surface area contributed by atoms with Gasteiger partial charge in [0.25, 0.3) is 5.91 Å². The van der Waals surface area contributed by atoms with Gasteiger partial charge in [-0.1, -0.05) is 54.6 Å². The summed E-state index contributed by atoms with van der Waals surface area (Å²) in [6.45, 7) is 7.57. The lowest BCUT2D eigenvalue weighted by molar-refractivity contribution is -0.140. The molecular weight excluding hydrogens is 366 g/mol. The van der Waals surface area contributed by atoms with Gasteiger partial charge >= 0.3 is 6.03 Å². The molecule has 1 saturated heterocycles. The number of carbonyl (C=O) groups is 3. The van der Waals surface area contributed by atoms with Crippen molar-refractivity contribution in [2.75, 3.05) is 6.54 Å². The Balaban J connectivity index is 1.80. The van der Waals surface area contributed by atoms with Gasteiger partial charge in [-0.15, -0.1) is 0 Å². The first-order chi connectivity index (χ1) is 13.7. The van der Waals surface area contributed by atoms with Crippen LogP contribution in [0.2, 0.25) is 0 Å². The Bertz CT molecular complexity index is 926. The lowest BCUT2D eigenvalue weighted by Gasteiger charge is -2.29. The van der Waals surface area contributed by atoms with Crippen molar-refractivity contribution in [1.29, 1.82) is 0 Å². The van der Waals surface area contributed by atoms with E-state index in [1.54, 1.807) is 11.8 Å². The molecule has 1 heterocycles. The van der Waals surface area contributed by atoms with Gasteiger partial charge in [-0.25, -0.2) is 4.79 Å². The van der Waals surface area contributed by atoms with Gasteiger partial charge < -0.3 is 10.2 Å². The van der Waals surface area contributed by atoms with Crippen molar-refractivity contribution >= 4 is 17.8 Å². The van der Waals surface area contributed by atoms with Gasteiger partial charge in [0.15, 0.2) is 0 Å². The molecule has 29 heavy (non-hydrogen) atoms. The maximum atomic E-state index is 13.1. The molecule has 4 amide bonds. The Morgan fingerprint density at radius 2 is 1.69 bits per heavy atom. The fourth-order valence-corrected chi connectivity index (χ4v) is 3.72. The summed E-state index contributed by atoms with van der Waals surface area (Å²) in [6, 6.07) is 16.5. The fraction of sp³-hybridized carbons (Fsp3) is 0.348. The molecule has 1 N–H and O–H groups in total. The largest absolute Gasteiger partial charge is 0.334 e. The first-order valence-electron chi connectivity index (χ1n) is 9.77. The van der Waals surface area contributed by atoms with Gasteiger partial charge in [0.05, 0.1) is 0 Å². The molecule has 2 aromatic rings. The zero-order chi connectivity index (χ0) is 21.2. The smallest absolute Gasteiger partial charge is 0.325 e. The van der Waals surface area contributed by atoms with Crippen LogP contribution in [0.25, 0.3) is 0 Å². The zero-order valence-corrected chi connectivity index (χ0v) is 17.3. The average Bonchev–Trinajstić information content (AvgIpc) is 2.90. The summed E-state index contributed by atoms with van der Waals surface area (Å²) < 4.78 is 0. The molecule has 3 rings (SSSR count). The molecule has 6 nitrogen and oxygen atoms in total. The number of urea groups is 1. The van der Waals surface area contributed by atoms with E-state index < -0.39 is 17.5 Å². The first-order valence-corrected chi connectivity index (χ1v) is 9.77. The molecule has 0 saturated carbocycles. The summed E-state index contributed by atoms with van der Waals surface area (Å²) in [6.07, 6.45) is 0. The Labute approximate surface area is 171 Å². The third kappa shape index (κ3) is 4.01. The van der Waals surface area contributed by atoms with Crippen LogP contribution in [0.3, 0.4) is 0 Å². The summed E-state index contributed by atoms with van der Waals surface area (Å²) >= 11 is 0. The third-order valence-electron chi connectivity index (χ3n) is 5.39. The molecule has 0 spiro atoms. The van der Waals surface area contributed by atoms with Crippen LogP contribution in [-0.2, 0) is 21.7 Å². The van der Waals surface area contributed by atoms with Crippen molar-refractivity contribution in [2.45, 2.75) is 45.8 Å². The second kappa shape index (κ2) is 8.07. The SMILES string of the molecule is Cc1ccccc1C1(C)NC(=O)N(CC(=O)N(Cc2ccccc2)C(C)C)C1=O. The molecule has 1 aliphatic heterocycles. The maximum absolute atomic E-state index is 13.1. The molecule has 0 aromatic heterocycles. The minimum Gasteiger partial charge on any atom is -0.334 e. The summed E-state index contributed by atoms with van der Waals surface area (Å²) in [5.74, 6) is -0.671. The van der Waals surface area contributed by atoms with Gasteiger partial charge in [-0.2, -0.15) is 0 Å². The molecular formula is C23H27N3O3. The van der Waals surface area contributed by atoms with E-state index in [0.717, 1.165) is 21.6 Å². The average molecular weight is 393 g/mol. The highest BCUT2D eigenvalue weighted by molar-refractivity contribution is 6.09. The molecule has 0 aliphatic carbocycles. The van der Waals surface area contributed by atoms with Gasteiger partial charge in [-0.05, 0) is 44.4 Å². The number of aryl methyl sites for hydroxylation is 1. The van der Waals surface area contributed by atoms with Crippen LogP contribution < -0.4 is 5.32 Å².